The van der Waals surface area contributed by atoms with Gasteiger partial charge in [0.1, 0.15) is 0 Å². The van der Waals surface area contributed by atoms with Gasteiger partial charge in [-0.15, -0.1) is 0 Å². The van der Waals surface area contributed by atoms with Crippen molar-refractivity contribution in [3.8, 4) is 5.82 Å². The molecule has 1 aliphatic rings. The van der Waals surface area contributed by atoms with Gasteiger partial charge in [0.15, 0.2) is 5.82 Å². The third-order valence-electron chi connectivity index (χ3n) is 3.77. The molecule has 3 rings (SSSR count). The maximum absolute atomic E-state index is 5.85. The summed E-state index contributed by atoms with van der Waals surface area (Å²) < 4.78 is 1.68. The third-order valence-corrected chi connectivity index (χ3v) is 3.97. The zero-order valence-electron chi connectivity index (χ0n) is 11.1. The largest absolute Gasteiger partial charge is 0.294 e. The van der Waals surface area contributed by atoms with Crippen LogP contribution in [0.5, 0.6) is 0 Å². The summed E-state index contributed by atoms with van der Waals surface area (Å²) in [5.74, 6) is 0.792. The van der Waals surface area contributed by atoms with Crippen molar-refractivity contribution < 1.29 is 0 Å². The molecular weight excluding hydrogens is 260 g/mol. The first-order chi connectivity index (χ1) is 9.13. The molecule has 1 fully saturated rings. The topological polar surface area (TPSA) is 34.0 Å². The Hall–Kier alpha value is -1.39. The first kappa shape index (κ1) is 12.6. The second kappa shape index (κ2) is 4.94. The van der Waals surface area contributed by atoms with E-state index in [9.17, 15) is 0 Å². The van der Waals surface area contributed by atoms with Gasteiger partial charge in [-0.25, -0.2) is 9.67 Å². The number of rotatable bonds is 3. The van der Waals surface area contributed by atoms with Gasteiger partial charge >= 0.3 is 0 Å². The standard InChI is InChI=1S/C14H17ClN4/c1-10-5-11(2)18(10)8-12-3-4-14(16-6-12)19-9-13(15)7-17-19/h3-4,6-7,9-11H,5,8H2,1-2H3. The van der Waals surface area contributed by atoms with Crippen LogP contribution < -0.4 is 0 Å². The molecule has 0 N–H and O–H groups in total. The van der Waals surface area contributed by atoms with Gasteiger partial charge in [-0.3, -0.25) is 4.90 Å². The fourth-order valence-electron chi connectivity index (χ4n) is 2.66. The smallest absolute Gasteiger partial charge is 0.153 e. The molecule has 0 aromatic carbocycles. The van der Waals surface area contributed by atoms with E-state index in [4.69, 9.17) is 11.6 Å². The normalized spacial score (nSPS) is 23.3. The summed E-state index contributed by atoms with van der Waals surface area (Å²) in [6.07, 6.45) is 6.57. The van der Waals surface area contributed by atoms with E-state index in [1.54, 1.807) is 17.1 Å². The van der Waals surface area contributed by atoms with Crippen molar-refractivity contribution in [1.82, 2.24) is 19.7 Å². The molecule has 5 heteroatoms. The molecule has 0 amide bonds. The Balaban J connectivity index is 1.72. The van der Waals surface area contributed by atoms with Gasteiger partial charge in [0.05, 0.1) is 17.4 Å². The first-order valence-electron chi connectivity index (χ1n) is 6.54. The summed E-state index contributed by atoms with van der Waals surface area (Å²) in [7, 11) is 0. The summed E-state index contributed by atoms with van der Waals surface area (Å²) in [5, 5.41) is 4.76. The number of likely N-dealkylation sites (tertiary alicyclic amines) is 1. The SMILES string of the molecule is CC1CC(C)N1Cc1ccc(-n2cc(Cl)cn2)nc1. The lowest BCUT2D eigenvalue weighted by atomic mass is 9.95. The zero-order valence-corrected chi connectivity index (χ0v) is 11.9. The van der Waals surface area contributed by atoms with Crippen LogP contribution in [-0.4, -0.2) is 31.7 Å². The fourth-order valence-corrected chi connectivity index (χ4v) is 2.79. The van der Waals surface area contributed by atoms with Crippen molar-refractivity contribution in [3.63, 3.8) is 0 Å². The Kier molecular flexibility index (Phi) is 3.29. The van der Waals surface area contributed by atoms with Crippen LogP contribution in [-0.2, 0) is 6.54 Å². The highest BCUT2D eigenvalue weighted by Crippen LogP contribution is 2.26. The van der Waals surface area contributed by atoms with E-state index < -0.39 is 0 Å². The van der Waals surface area contributed by atoms with Crippen LogP contribution in [0.4, 0.5) is 0 Å². The molecule has 3 heterocycles. The van der Waals surface area contributed by atoms with E-state index >= 15 is 0 Å². The molecule has 100 valence electrons. The molecule has 2 aromatic heterocycles. The van der Waals surface area contributed by atoms with Gasteiger partial charge in [-0.05, 0) is 31.9 Å². The first-order valence-corrected chi connectivity index (χ1v) is 6.92. The minimum Gasteiger partial charge on any atom is -0.294 e. The molecule has 1 aliphatic heterocycles. The Morgan fingerprint density at radius 1 is 1.26 bits per heavy atom. The molecule has 19 heavy (non-hydrogen) atoms. The van der Waals surface area contributed by atoms with E-state index in [1.807, 2.05) is 12.3 Å². The monoisotopic (exact) mass is 276 g/mol. The zero-order chi connectivity index (χ0) is 13.4. The van der Waals surface area contributed by atoms with Crippen LogP contribution in [0.15, 0.2) is 30.7 Å². The summed E-state index contributed by atoms with van der Waals surface area (Å²) in [4.78, 5) is 6.93. The van der Waals surface area contributed by atoms with Crippen LogP contribution in [0.3, 0.4) is 0 Å². The number of aromatic nitrogens is 3. The van der Waals surface area contributed by atoms with Gasteiger partial charge in [0, 0.05) is 24.8 Å². The van der Waals surface area contributed by atoms with Crippen LogP contribution in [0.2, 0.25) is 5.02 Å². The summed E-state index contributed by atoms with van der Waals surface area (Å²) >= 11 is 5.85. The summed E-state index contributed by atoms with van der Waals surface area (Å²) in [6.45, 7) is 5.51. The van der Waals surface area contributed by atoms with Crippen molar-refractivity contribution in [2.24, 2.45) is 0 Å². The molecule has 0 spiro atoms. The molecule has 4 nitrogen and oxygen atoms in total. The molecule has 0 aliphatic carbocycles. The third kappa shape index (κ3) is 2.51. The van der Waals surface area contributed by atoms with E-state index in [0.717, 1.165) is 12.4 Å². The van der Waals surface area contributed by atoms with Crippen LogP contribution in [0, 0.1) is 0 Å². The lowest BCUT2D eigenvalue weighted by Crippen LogP contribution is -2.51. The molecule has 0 saturated carbocycles. The lowest BCUT2D eigenvalue weighted by Gasteiger charge is -2.45. The second-order valence-corrected chi connectivity index (χ2v) is 5.67. The van der Waals surface area contributed by atoms with Gasteiger partial charge in [-0.2, -0.15) is 5.10 Å². The molecule has 2 unspecified atom stereocenters. The minimum absolute atomic E-state index is 0.620. The fraction of sp³-hybridized carbons (Fsp3) is 0.429. The number of nitrogens with zero attached hydrogens (tertiary/aromatic N) is 4. The molecular formula is C14H17ClN4. The lowest BCUT2D eigenvalue weighted by molar-refractivity contribution is 0.0295. The van der Waals surface area contributed by atoms with E-state index in [0.29, 0.717) is 17.1 Å². The predicted octanol–water partition coefficient (Wildman–Crippen LogP) is 2.90. The number of hydrogen-bond donors (Lipinski definition) is 0. The second-order valence-electron chi connectivity index (χ2n) is 5.23. The maximum Gasteiger partial charge on any atom is 0.153 e. The Morgan fingerprint density at radius 3 is 2.58 bits per heavy atom. The van der Waals surface area contributed by atoms with E-state index in [-0.39, 0.29) is 0 Å². The highest BCUT2D eigenvalue weighted by Gasteiger charge is 2.31. The van der Waals surface area contributed by atoms with Gasteiger partial charge in [0.2, 0.25) is 0 Å². The Morgan fingerprint density at radius 2 is 2.05 bits per heavy atom. The highest BCUT2D eigenvalue weighted by molar-refractivity contribution is 6.30. The average molecular weight is 277 g/mol. The number of halogens is 1. The molecule has 2 atom stereocenters. The summed E-state index contributed by atoms with van der Waals surface area (Å²) in [5.41, 5.74) is 1.24. The summed E-state index contributed by atoms with van der Waals surface area (Å²) in [6, 6.07) is 5.45. The Labute approximate surface area is 118 Å². The van der Waals surface area contributed by atoms with Crippen LogP contribution in [0.25, 0.3) is 5.82 Å². The molecule has 0 bridgehead atoms. The van der Waals surface area contributed by atoms with Crippen molar-refractivity contribution >= 4 is 11.6 Å². The molecule has 0 radical (unpaired) electrons. The van der Waals surface area contributed by atoms with Gasteiger partial charge < -0.3 is 0 Å². The van der Waals surface area contributed by atoms with Gasteiger partial charge in [-0.1, -0.05) is 17.7 Å². The van der Waals surface area contributed by atoms with Crippen LogP contribution >= 0.6 is 11.6 Å². The van der Waals surface area contributed by atoms with Crippen molar-refractivity contribution in [3.05, 3.63) is 41.3 Å². The quantitative estimate of drug-likeness (QED) is 0.864. The van der Waals surface area contributed by atoms with E-state index in [2.05, 4.69) is 34.9 Å². The van der Waals surface area contributed by atoms with Crippen molar-refractivity contribution in [2.75, 3.05) is 0 Å². The van der Waals surface area contributed by atoms with Gasteiger partial charge in [0.25, 0.3) is 0 Å². The minimum atomic E-state index is 0.620. The molecule has 1 saturated heterocycles. The molecule has 2 aromatic rings. The van der Waals surface area contributed by atoms with Crippen LogP contribution in [0.1, 0.15) is 25.8 Å². The van der Waals surface area contributed by atoms with E-state index in [1.165, 1.54) is 12.0 Å². The average Bonchev–Trinajstić information content (AvgIpc) is 2.84. The van der Waals surface area contributed by atoms with Crippen molar-refractivity contribution in [1.29, 1.82) is 0 Å². The number of pyridine rings is 1. The maximum atomic E-state index is 5.85. The number of hydrogen-bond acceptors (Lipinski definition) is 3. The Bertz CT molecular complexity index is 555. The predicted molar refractivity (Wildman–Crippen MR) is 75.5 cm³/mol. The van der Waals surface area contributed by atoms with Crippen molar-refractivity contribution in [2.45, 2.75) is 38.9 Å². The highest BCUT2D eigenvalue weighted by atomic mass is 35.5.